The van der Waals surface area contributed by atoms with Crippen LogP contribution in [-0.4, -0.2) is 42.8 Å². The molecule has 28 heavy (non-hydrogen) atoms. The first kappa shape index (κ1) is 21.8. The number of esters is 1. The van der Waals surface area contributed by atoms with Crippen molar-refractivity contribution in [2.24, 2.45) is 5.92 Å². The summed E-state index contributed by atoms with van der Waals surface area (Å²) in [5, 5.41) is 9.50. The fraction of sp³-hybridized carbons (Fsp3) is 0.389. The lowest BCUT2D eigenvalue weighted by Crippen LogP contribution is -2.52. The molecule has 1 aromatic heterocycles. The minimum Gasteiger partial charge on any atom is -0.466 e. The van der Waals surface area contributed by atoms with Gasteiger partial charge in [0.2, 0.25) is 0 Å². The summed E-state index contributed by atoms with van der Waals surface area (Å²) in [6.07, 6.45) is 0.548. The van der Waals surface area contributed by atoms with Crippen LogP contribution in [0.15, 0.2) is 28.8 Å². The number of amides is 1. The molecular weight excluding hydrogens is 396 g/mol. The predicted octanol–water partition coefficient (Wildman–Crippen LogP) is 2.31. The molecule has 3 rings (SSSR count). The number of aromatic nitrogens is 1. The molecule has 0 aliphatic carbocycles. The second kappa shape index (κ2) is 9.61. The number of carbonyl (C=O) groups is 2. The first-order chi connectivity index (χ1) is 13.0. The van der Waals surface area contributed by atoms with E-state index in [9.17, 15) is 18.4 Å². The Morgan fingerprint density at radius 3 is 2.86 bits per heavy atom. The number of rotatable bonds is 5. The fourth-order valence-corrected chi connectivity index (χ4v) is 2.97. The topological polar surface area (TPSA) is 93.5 Å². The van der Waals surface area contributed by atoms with Gasteiger partial charge in [0.05, 0.1) is 18.1 Å². The minimum atomic E-state index is -0.821. The Labute approximate surface area is 166 Å². The van der Waals surface area contributed by atoms with Crippen LogP contribution in [0.4, 0.5) is 8.78 Å². The summed E-state index contributed by atoms with van der Waals surface area (Å²) in [5.74, 6) is -2.98. The van der Waals surface area contributed by atoms with Crippen LogP contribution in [0.1, 0.15) is 23.8 Å². The predicted molar refractivity (Wildman–Crippen MR) is 98.0 cm³/mol. The van der Waals surface area contributed by atoms with Crippen LogP contribution >= 0.6 is 12.4 Å². The van der Waals surface area contributed by atoms with Crippen LogP contribution in [0.2, 0.25) is 0 Å². The fourth-order valence-electron chi connectivity index (χ4n) is 2.97. The van der Waals surface area contributed by atoms with E-state index in [0.29, 0.717) is 19.5 Å². The van der Waals surface area contributed by atoms with Crippen molar-refractivity contribution in [3.8, 4) is 11.3 Å². The van der Waals surface area contributed by atoms with Gasteiger partial charge < -0.3 is 19.9 Å². The maximum atomic E-state index is 13.8. The molecular formula is C18H20ClF2N3O4. The molecule has 2 atom stereocenters. The molecule has 1 aliphatic rings. The third-order valence-corrected chi connectivity index (χ3v) is 4.33. The third-order valence-electron chi connectivity index (χ3n) is 4.33. The number of hydrogen-bond acceptors (Lipinski definition) is 6. The zero-order valence-electron chi connectivity index (χ0n) is 15.0. The summed E-state index contributed by atoms with van der Waals surface area (Å²) in [4.78, 5) is 24.5. The van der Waals surface area contributed by atoms with Crippen molar-refractivity contribution >= 4 is 24.3 Å². The van der Waals surface area contributed by atoms with Gasteiger partial charge in [-0.25, -0.2) is 8.78 Å². The van der Waals surface area contributed by atoms with E-state index >= 15 is 0 Å². The van der Waals surface area contributed by atoms with E-state index in [0.717, 1.165) is 12.1 Å². The Morgan fingerprint density at radius 1 is 1.36 bits per heavy atom. The van der Waals surface area contributed by atoms with Crippen molar-refractivity contribution in [1.29, 1.82) is 0 Å². The van der Waals surface area contributed by atoms with Crippen LogP contribution in [0, 0.1) is 17.6 Å². The lowest BCUT2D eigenvalue weighted by Gasteiger charge is -2.30. The molecule has 2 N–H and O–H groups in total. The van der Waals surface area contributed by atoms with Gasteiger partial charge in [-0.1, -0.05) is 5.16 Å². The van der Waals surface area contributed by atoms with Crippen molar-refractivity contribution in [2.75, 3.05) is 19.7 Å². The van der Waals surface area contributed by atoms with E-state index in [1.807, 2.05) is 0 Å². The largest absolute Gasteiger partial charge is 0.466 e. The van der Waals surface area contributed by atoms with E-state index in [4.69, 9.17) is 9.26 Å². The minimum absolute atomic E-state index is 0. The lowest BCUT2D eigenvalue weighted by atomic mass is 9.93. The highest BCUT2D eigenvalue weighted by Gasteiger charge is 2.33. The Balaban J connectivity index is 0.00000280. The maximum Gasteiger partial charge on any atom is 0.312 e. The maximum absolute atomic E-state index is 13.8. The van der Waals surface area contributed by atoms with E-state index in [-0.39, 0.29) is 42.0 Å². The average molecular weight is 416 g/mol. The van der Waals surface area contributed by atoms with Crippen LogP contribution in [-0.2, 0) is 9.53 Å². The molecule has 10 heteroatoms. The average Bonchev–Trinajstić information content (AvgIpc) is 3.12. The van der Waals surface area contributed by atoms with Crippen molar-refractivity contribution < 1.29 is 27.6 Å². The van der Waals surface area contributed by atoms with Gasteiger partial charge >= 0.3 is 5.97 Å². The number of carbonyl (C=O) groups excluding carboxylic acids is 2. The van der Waals surface area contributed by atoms with Crippen LogP contribution in [0.5, 0.6) is 0 Å². The van der Waals surface area contributed by atoms with Gasteiger partial charge in [-0.3, -0.25) is 9.59 Å². The van der Waals surface area contributed by atoms with Crippen molar-refractivity contribution in [3.63, 3.8) is 0 Å². The second-order valence-corrected chi connectivity index (χ2v) is 6.13. The monoisotopic (exact) mass is 415 g/mol. The molecule has 7 nitrogen and oxygen atoms in total. The molecule has 0 saturated carbocycles. The Bertz CT molecular complexity index is 846. The van der Waals surface area contributed by atoms with Crippen LogP contribution in [0.25, 0.3) is 11.3 Å². The Kier molecular flexibility index (Phi) is 7.47. The zero-order valence-corrected chi connectivity index (χ0v) is 15.9. The zero-order chi connectivity index (χ0) is 19.4. The highest BCUT2D eigenvalue weighted by atomic mass is 35.5. The molecule has 2 heterocycles. The smallest absolute Gasteiger partial charge is 0.312 e. The molecule has 1 amide bonds. The van der Waals surface area contributed by atoms with Crippen LogP contribution < -0.4 is 10.6 Å². The van der Waals surface area contributed by atoms with Crippen LogP contribution in [0.3, 0.4) is 0 Å². The van der Waals surface area contributed by atoms with E-state index in [2.05, 4.69) is 15.8 Å². The molecule has 1 aliphatic heterocycles. The normalized spacial score (nSPS) is 18.8. The highest BCUT2D eigenvalue weighted by Crippen LogP contribution is 2.24. The summed E-state index contributed by atoms with van der Waals surface area (Å²) in [7, 11) is 0. The van der Waals surface area contributed by atoms with Gasteiger partial charge in [0, 0.05) is 24.7 Å². The number of nitrogens with zero attached hydrogens (tertiary/aromatic N) is 1. The van der Waals surface area contributed by atoms with E-state index in [1.54, 1.807) is 6.92 Å². The number of halogens is 3. The third kappa shape index (κ3) is 4.85. The highest BCUT2D eigenvalue weighted by molar-refractivity contribution is 5.93. The van der Waals surface area contributed by atoms with E-state index < -0.39 is 29.5 Å². The summed E-state index contributed by atoms with van der Waals surface area (Å²) in [6, 6.07) is 3.86. The summed E-state index contributed by atoms with van der Waals surface area (Å²) >= 11 is 0. The number of ether oxygens (including phenoxy) is 1. The van der Waals surface area contributed by atoms with Gasteiger partial charge in [0.25, 0.3) is 5.91 Å². The van der Waals surface area contributed by atoms with Crippen molar-refractivity contribution in [2.45, 2.75) is 19.4 Å². The van der Waals surface area contributed by atoms with Gasteiger partial charge in [0.1, 0.15) is 11.6 Å². The molecule has 0 bridgehead atoms. The molecule has 0 spiro atoms. The van der Waals surface area contributed by atoms with Crippen molar-refractivity contribution in [1.82, 2.24) is 15.8 Å². The van der Waals surface area contributed by atoms with Gasteiger partial charge in [-0.15, -0.1) is 12.4 Å². The Hall–Kier alpha value is -2.52. The molecule has 1 aromatic carbocycles. The summed E-state index contributed by atoms with van der Waals surface area (Å²) < 4.78 is 36.9. The molecule has 0 unspecified atom stereocenters. The molecule has 1 saturated heterocycles. The Morgan fingerprint density at radius 2 is 2.14 bits per heavy atom. The van der Waals surface area contributed by atoms with Gasteiger partial charge in [-0.2, -0.15) is 0 Å². The summed E-state index contributed by atoms with van der Waals surface area (Å²) in [5.41, 5.74) is -0.0657. The SMILES string of the molecule is CCOC(=O)[C@H]1CNCC[C@@H]1NC(=O)c1cc(-c2ccc(F)cc2F)on1.Cl. The number of hydrogen-bond donors (Lipinski definition) is 2. The molecule has 1 fully saturated rings. The number of nitrogens with one attached hydrogen (secondary N) is 2. The lowest BCUT2D eigenvalue weighted by molar-refractivity contribution is -0.149. The van der Waals surface area contributed by atoms with Gasteiger partial charge in [-0.05, 0) is 32.0 Å². The molecule has 152 valence electrons. The number of benzene rings is 1. The van der Waals surface area contributed by atoms with Gasteiger partial charge in [0.15, 0.2) is 11.5 Å². The standard InChI is InChI=1S/C18H19F2N3O4.ClH/c1-2-26-18(25)12-9-21-6-5-14(12)22-17(24)15-8-16(27-23-15)11-4-3-10(19)7-13(11)20;/h3-4,7-8,12,14,21H,2,5-6,9H2,1H3,(H,22,24);1H/t12-,14-;/m0./s1. The summed E-state index contributed by atoms with van der Waals surface area (Å²) in [6.45, 7) is 3.01. The molecule has 2 aromatic rings. The first-order valence-electron chi connectivity index (χ1n) is 8.60. The van der Waals surface area contributed by atoms with E-state index in [1.165, 1.54) is 12.1 Å². The second-order valence-electron chi connectivity index (χ2n) is 6.13. The first-order valence-corrected chi connectivity index (χ1v) is 8.60. The quantitative estimate of drug-likeness (QED) is 0.728. The molecule has 0 radical (unpaired) electrons. The van der Waals surface area contributed by atoms with Crippen molar-refractivity contribution in [3.05, 3.63) is 41.6 Å². The number of piperidine rings is 1.